The first-order valence-electron chi connectivity index (χ1n) is 3.37. The number of hydrogen-bond acceptors (Lipinski definition) is 2. The minimum Gasteiger partial charge on any atom is -0.596 e. The van der Waals surface area contributed by atoms with Gasteiger partial charge in [-0.2, -0.15) is 6.92 Å². The van der Waals surface area contributed by atoms with Gasteiger partial charge in [0.25, 0.3) is 0 Å². The van der Waals surface area contributed by atoms with Crippen LogP contribution in [-0.2, 0) is 0 Å². The molecule has 0 aromatic carbocycles. The molecule has 4 nitrogen and oxygen atoms in total. The van der Waals surface area contributed by atoms with E-state index in [4.69, 9.17) is 5.84 Å². The second-order valence-electron chi connectivity index (χ2n) is 1.84. The third-order valence-electron chi connectivity index (χ3n) is 0.755. The van der Waals surface area contributed by atoms with E-state index in [2.05, 4.69) is 40.5 Å². The van der Waals surface area contributed by atoms with E-state index < -0.39 is 0 Å². The zero-order chi connectivity index (χ0) is 9.28. The van der Waals surface area contributed by atoms with Crippen LogP contribution in [0.25, 0.3) is 11.3 Å². The number of hydrazine groups is 1. The monoisotopic (exact) mass is 522 g/mol. The molecule has 0 fully saturated rings. The molecule has 0 aliphatic rings. The predicted octanol–water partition coefficient (Wildman–Crippen LogP) is 3.14. The number of hydrogen-bond donors (Lipinski definition) is 1. The van der Waals surface area contributed by atoms with Gasteiger partial charge in [-0.25, -0.2) is 0 Å². The average molecular weight is 523 g/mol. The Labute approximate surface area is 119 Å². The first-order chi connectivity index (χ1) is 5.18. The Balaban J connectivity index is -0.0000000941. The predicted molar refractivity (Wildman–Crippen MR) is 64.1 cm³/mol. The first-order valence-corrected chi connectivity index (χ1v) is 4.90. The molecule has 0 saturated heterocycles. The Kier molecular flexibility index (Phi) is 35.5. The van der Waals surface area contributed by atoms with Gasteiger partial charge in [-0.1, -0.05) is 18.4 Å². The molecule has 0 aliphatic carbocycles. The molecule has 0 aliphatic heterocycles. The average Bonchev–Trinajstić information content (AvgIpc) is 2.03. The molecule has 0 unspecified atom stereocenters. The van der Waals surface area contributed by atoms with Crippen molar-refractivity contribution >= 4 is 22.6 Å². The zero-order valence-corrected chi connectivity index (χ0v) is 14.6. The van der Waals surface area contributed by atoms with Gasteiger partial charge >= 0.3 is 0 Å². The molecule has 0 saturated carbocycles. The summed E-state index contributed by atoms with van der Waals surface area (Å²) in [6.07, 6.45) is 0. The zero-order valence-electron chi connectivity index (χ0n) is 8.71. The second kappa shape index (κ2) is 19.2. The van der Waals surface area contributed by atoms with E-state index in [1.165, 1.54) is 5.12 Å². The van der Waals surface area contributed by atoms with E-state index >= 15 is 0 Å². The van der Waals surface area contributed by atoms with Crippen LogP contribution in [-0.4, -0.2) is 15.7 Å². The maximum atomic E-state index is 7.16. The van der Waals surface area contributed by atoms with Crippen molar-refractivity contribution in [2.24, 2.45) is 0 Å². The SMILES string of the molecule is CC(C)N([NH-])N[N-]CI.[CH2-]C.[CH3-].[Np]. The maximum absolute atomic E-state index is 7.16. The summed E-state index contributed by atoms with van der Waals surface area (Å²) in [4.78, 5) is 0. The molecule has 83 valence electrons. The molecule has 2 N–H and O–H groups in total. The summed E-state index contributed by atoms with van der Waals surface area (Å²) in [5.41, 5.74) is 6.32. The Morgan fingerprint density at radius 1 is 1.54 bits per heavy atom. The topological polar surface area (TPSA) is 53.2 Å². The smallest absolute Gasteiger partial charge is 0 e. The van der Waals surface area contributed by atoms with Crippen molar-refractivity contribution in [3.8, 4) is 0 Å². The van der Waals surface area contributed by atoms with Gasteiger partial charge in [0.15, 0.2) is 0 Å². The third kappa shape index (κ3) is 19.8. The van der Waals surface area contributed by atoms with Gasteiger partial charge in [0.1, 0.15) is 0 Å². The Morgan fingerprint density at radius 2 is 1.92 bits per heavy atom. The van der Waals surface area contributed by atoms with Gasteiger partial charge < -0.3 is 36.3 Å². The summed E-state index contributed by atoms with van der Waals surface area (Å²) < 4.78 is 0.667. The number of rotatable bonds is 4. The molecule has 0 amide bonds. The normalized spacial score (nSPS) is 8.31. The van der Waals surface area contributed by atoms with Gasteiger partial charge in [-0.3, -0.25) is 0 Å². The van der Waals surface area contributed by atoms with E-state index in [0.29, 0.717) is 4.55 Å². The number of nitrogens with zero attached hydrogens (tertiary/aromatic N) is 2. The van der Waals surface area contributed by atoms with Crippen LogP contribution >= 0.6 is 22.6 Å². The number of alkyl halides is 1. The molecule has 0 bridgehead atoms. The second-order valence-corrected chi connectivity index (χ2v) is 2.52. The van der Waals surface area contributed by atoms with Crippen LogP contribution in [0.1, 0.15) is 20.8 Å². The van der Waals surface area contributed by atoms with Gasteiger partial charge in [0, 0.05) is 29.9 Å². The van der Waals surface area contributed by atoms with E-state index in [9.17, 15) is 0 Å². The Bertz CT molecular complexity index is 75.5. The molecule has 0 rings (SSSR count). The van der Waals surface area contributed by atoms with Crippen molar-refractivity contribution in [2.75, 3.05) is 4.55 Å². The fourth-order valence-corrected chi connectivity index (χ4v) is 0.371. The number of nitrogens with one attached hydrogen (secondary N) is 2. The van der Waals surface area contributed by atoms with E-state index in [-0.39, 0.29) is 43.4 Å². The van der Waals surface area contributed by atoms with E-state index in [1.54, 1.807) is 6.92 Å². The molecule has 1 radical (unpaired) electrons. The van der Waals surface area contributed by atoms with Crippen LogP contribution in [0.3, 0.4) is 0 Å². The number of halogens is 1. The minimum atomic E-state index is 0. The maximum Gasteiger partial charge on any atom is 0 e. The van der Waals surface area contributed by atoms with Crippen molar-refractivity contribution < 1.29 is 29.9 Å². The Morgan fingerprint density at radius 3 is 2.15 bits per heavy atom. The third-order valence-corrected chi connectivity index (χ3v) is 1.10. The van der Waals surface area contributed by atoms with Crippen LogP contribution in [0.5, 0.6) is 0 Å². The molecule has 0 aromatic heterocycles. The molecule has 0 aromatic rings. The largest absolute Gasteiger partial charge is 0.596 e. The van der Waals surface area contributed by atoms with Crippen LogP contribution in [0.2, 0.25) is 0 Å². The van der Waals surface area contributed by atoms with Crippen molar-refractivity contribution in [3.63, 3.8) is 0 Å². The van der Waals surface area contributed by atoms with Gasteiger partial charge in [0.2, 0.25) is 0 Å². The summed E-state index contributed by atoms with van der Waals surface area (Å²) in [6, 6.07) is 0.164. The summed E-state index contributed by atoms with van der Waals surface area (Å²) in [5.74, 6) is 7.16. The summed E-state index contributed by atoms with van der Waals surface area (Å²) in [6.45, 7) is 8.84. The molecule has 0 heterocycles. The molecule has 6 heteroatoms. The quantitative estimate of drug-likeness (QED) is 0.203. The van der Waals surface area contributed by atoms with Gasteiger partial charge in [-0.15, -0.1) is 22.6 Å². The summed E-state index contributed by atoms with van der Waals surface area (Å²) in [7, 11) is 0. The summed E-state index contributed by atoms with van der Waals surface area (Å²) >= 11 is 2.11. The van der Waals surface area contributed by atoms with E-state index in [0.717, 1.165) is 0 Å². The molecular weight excluding hydrogens is 504 g/mol. The molecule has 13 heavy (non-hydrogen) atoms. The van der Waals surface area contributed by atoms with Crippen molar-refractivity contribution in [2.45, 2.75) is 26.8 Å². The first kappa shape index (κ1) is 24.0. The van der Waals surface area contributed by atoms with Crippen molar-refractivity contribution in [1.82, 2.24) is 10.7 Å². The van der Waals surface area contributed by atoms with Gasteiger partial charge in [0.05, 0.1) is 0 Å². The summed E-state index contributed by atoms with van der Waals surface area (Å²) in [5, 5.41) is 1.21. The van der Waals surface area contributed by atoms with Crippen LogP contribution in [0.4, 0.5) is 0 Å². The van der Waals surface area contributed by atoms with Crippen molar-refractivity contribution in [3.05, 3.63) is 25.6 Å². The van der Waals surface area contributed by atoms with Crippen LogP contribution in [0.15, 0.2) is 0 Å². The minimum absolute atomic E-state index is 0. The van der Waals surface area contributed by atoms with E-state index in [1.807, 2.05) is 13.8 Å². The fourth-order valence-electron chi connectivity index (χ4n) is 0.218. The molecule has 0 atom stereocenters. The molecule has 0 spiro atoms. The fraction of sp³-hybridized carbons (Fsp3) is 0.714. The van der Waals surface area contributed by atoms with Gasteiger partial charge in [-0.05, 0) is 6.04 Å². The standard InChI is InChI=1S/C4H11IN4.C2H5.CH3.Np/c1-4(2)9(6)8-7-3-5;1-2;;/h4,6,8H,3H2,1-2H3;1H2,2H3;1H3;/q-2;2*-1;. The van der Waals surface area contributed by atoms with Crippen LogP contribution in [0, 0.1) is 44.3 Å². The Hall–Kier alpha value is 1.58. The van der Waals surface area contributed by atoms with Crippen LogP contribution < -0.4 is 5.53 Å². The van der Waals surface area contributed by atoms with Crippen molar-refractivity contribution in [1.29, 1.82) is 0 Å². The molecular formula is C7H19IN4Np-4.